The first-order valence-corrected chi connectivity index (χ1v) is 14.2. The number of hydrogen-bond donors (Lipinski definition) is 4. The van der Waals surface area contributed by atoms with E-state index >= 15 is 0 Å². The van der Waals surface area contributed by atoms with Gasteiger partial charge in [-0.25, -0.2) is 0 Å². The van der Waals surface area contributed by atoms with Crippen LogP contribution >= 0.6 is 11.8 Å². The molecule has 1 saturated heterocycles. The summed E-state index contributed by atoms with van der Waals surface area (Å²) in [5, 5.41) is 43.3. The van der Waals surface area contributed by atoms with Crippen LogP contribution in [0.25, 0.3) is 5.69 Å². The van der Waals surface area contributed by atoms with Crippen LogP contribution in [0.2, 0.25) is 0 Å². The maximum atomic E-state index is 12.2. The number of aromatic hydroxyl groups is 1. The summed E-state index contributed by atoms with van der Waals surface area (Å²) in [6.45, 7) is -0.0580. The first-order chi connectivity index (χ1) is 20.4. The van der Waals surface area contributed by atoms with Gasteiger partial charge in [-0.15, -0.1) is 5.10 Å². The van der Waals surface area contributed by atoms with Crippen molar-refractivity contribution in [3.8, 4) is 11.4 Å². The average molecular weight is 592 g/mol. The second-order valence-corrected chi connectivity index (χ2v) is 10.6. The number of tetrazole rings is 1. The van der Waals surface area contributed by atoms with Crippen molar-refractivity contribution in [3.63, 3.8) is 0 Å². The average Bonchev–Trinajstić information content (AvgIpc) is 3.48. The molecular weight excluding hydrogens is 562 g/mol. The van der Waals surface area contributed by atoms with Crippen molar-refractivity contribution in [2.45, 2.75) is 49.5 Å². The number of aromatic nitrogens is 4. The number of carboxylic acids is 1. The Hall–Kier alpha value is -4.30. The van der Waals surface area contributed by atoms with Gasteiger partial charge in [0, 0.05) is 29.8 Å². The molecule has 3 atom stereocenters. The molecule has 12 nitrogen and oxygen atoms in total. The van der Waals surface area contributed by atoms with E-state index in [4.69, 9.17) is 14.6 Å². The lowest BCUT2D eigenvalue weighted by Crippen LogP contribution is -2.31. The Kier molecular flexibility index (Phi) is 9.44. The number of amides is 1. The highest BCUT2D eigenvalue weighted by Gasteiger charge is 2.33. The minimum atomic E-state index is -1.04. The number of aliphatic carboxylic acids is 1. The minimum absolute atomic E-state index is 0.0580. The Labute approximate surface area is 245 Å². The largest absolute Gasteiger partial charge is 0.508 e. The zero-order chi connectivity index (χ0) is 29.5. The van der Waals surface area contributed by atoms with E-state index in [0.717, 1.165) is 11.1 Å². The fourth-order valence-electron chi connectivity index (χ4n) is 4.42. The van der Waals surface area contributed by atoms with E-state index in [2.05, 4.69) is 20.8 Å². The third-order valence-corrected chi connectivity index (χ3v) is 7.61. The van der Waals surface area contributed by atoms with Crippen molar-refractivity contribution in [1.29, 1.82) is 0 Å². The summed E-state index contributed by atoms with van der Waals surface area (Å²) in [6.07, 6.45) is -1.18. The number of carbonyl (C=O) groups is 2. The number of hydrogen-bond acceptors (Lipinski definition) is 10. The smallest absolute Gasteiger partial charge is 0.303 e. The quantitative estimate of drug-likeness (QED) is 0.186. The Morgan fingerprint density at radius 2 is 1.79 bits per heavy atom. The van der Waals surface area contributed by atoms with Crippen LogP contribution in [0, 0.1) is 0 Å². The van der Waals surface area contributed by atoms with Gasteiger partial charge in [-0.3, -0.25) is 9.59 Å². The van der Waals surface area contributed by atoms with Crippen LogP contribution < -0.4 is 5.32 Å². The van der Waals surface area contributed by atoms with Crippen LogP contribution in [0.4, 0.5) is 5.69 Å². The summed E-state index contributed by atoms with van der Waals surface area (Å²) in [7, 11) is 0. The first-order valence-electron chi connectivity index (χ1n) is 13.2. The van der Waals surface area contributed by atoms with Gasteiger partial charge in [0.1, 0.15) is 5.75 Å². The number of benzene rings is 3. The SMILES string of the molecule is O=C(O)CCC(=O)Nc1cccc(C2OC(CSc3nnnn3-c3ccc(O)cc3)CC(c3ccc(CO)cc3)O2)c1. The fourth-order valence-corrected chi connectivity index (χ4v) is 5.33. The zero-order valence-electron chi connectivity index (χ0n) is 22.4. The van der Waals surface area contributed by atoms with Crippen LogP contribution in [-0.2, 0) is 25.7 Å². The molecule has 1 aliphatic rings. The number of anilines is 1. The Morgan fingerprint density at radius 1 is 1.00 bits per heavy atom. The Morgan fingerprint density at radius 3 is 2.52 bits per heavy atom. The van der Waals surface area contributed by atoms with Gasteiger partial charge in [-0.2, -0.15) is 4.68 Å². The predicted molar refractivity (Wildman–Crippen MR) is 152 cm³/mol. The van der Waals surface area contributed by atoms with Gasteiger partial charge in [-0.1, -0.05) is 48.2 Å². The number of nitrogens with zero attached hydrogens (tertiary/aromatic N) is 4. The predicted octanol–water partition coefficient (Wildman–Crippen LogP) is 4.00. The van der Waals surface area contributed by atoms with Gasteiger partial charge in [0.05, 0.1) is 30.9 Å². The molecule has 0 aliphatic carbocycles. The first kappa shape index (κ1) is 29.2. The lowest BCUT2D eigenvalue weighted by atomic mass is 10.0. The number of phenols is 1. The standard InChI is InChI=1S/C29H29N5O7S/c35-16-18-4-6-19(7-5-18)25-15-24(17-42-29-31-32-33-34(29)22-8-10-23(36)11-9-22)40-28(41-25)20-2-1-3-21(14-20)30-26(37)12-13-27(38)39/h1-11,14,24-25,28,35-36H,12-13,15-17H2,(H,30,37)(H,38,39). The monoisotopic (exact) mass is 591 g/mol. The van der Waals surface area contributed by atoms with E-state index in [0.29, 0.717) is 34.3 Å². The summed E-state index contributed by atoms with van der Waals surface area (Å²) >= 11 is 1.42. The molecule has 0 radical (unpaired) electrons. The number of rotatable bonds is 11. The fraction of sp³-hybridized carbons (Fsp3) is 0.276. The number of ether oxygens (including phenoxy) is 2. The second-order valence-electron chi connectivity index (χ2n) is 9.62. The summed E-state index contributed by atoms with van der Waals surface area (Å²) in [5.41, 5.74) is 3.62. The summed E-state index contributed by atoms with van der Waals surface area (Å²) in [6, 6.07) is 21.2. The molecule has 13 heteroatoms. The molecule has 4 N–H and O–H groups in total. The van der Waals surface area contributed by atoms with Gasteiger partial charge in [0.15, 0.2) is 6.29 Å². The van der Waals surface area contributed by atoms with Crippen LogP contribution in [0.5, 0.6) is 5.75 Å². The normalized spacial score (nSPS) is 18.5. The molecule has 1 amide bonds. The summed E-state index contributed by atoms with van der Waals surface area (Å²) < 4.78 is 14.4. The zero-order valence-corrected chi connectivity index (χ0v) is 23.2. The number of carbonyl (C=O) groups excluding carboxylic acids is 1. The van der Waals surface area contributed by atoms with Gasteiger partial charge in [0.2, 0.25) is 11.1 Å². The molecule has 1 aliphatic heterocycles. The second kappa shape index (κ2) is 13.6. The van der Waals surface area contributed by atoms with Crippen molar-refractivity contribution in [2.24, 2.45) is 0 Å². The molecule has 0 bridgehead atoms. The van der Waals surface area contributed by atoms with Crippen molar-refractivity contribution in [1.82, 2.24) is 20.2 Å². The summed E-state index contributed by atoms with van der Waals surface area (Å²) in [5.74, 6) is -0.788. The Balaban J connectivity index is 1.34. The molecule has 1 fully saturated rings. The molecule has 3 aromatic carbocycles. The van der Waals surface area contributed by atoms with E-state index in [1.165, 1.54) is 11.8 Å². The van der Waals surface area contributed by atoms with E-state index in [1.54, 1.807) is 47.1 Å². The topological polar surface area (TPSA) is 169 Å². The maximum absolute atomic E-state index is 12.2. The highest BCUT2D eigenvalue weighted by molar-refractivity contribution is 7.99. The third-order valence-electron chi connectivity index (χ3n) is 6.56. The molecule has 4 aromatic rings. The van der Waals surface area contributed by atoms with Gasteiger partial charge in [0.25, 0.3) is 0 Å². The number of phenolic OH excluding ortho intramolecular Hbond substituents is 1. The van der Waals surface area contributed by atoms with E-state index in [9.17, 15) is 19.8 Å². The molecule has 42 heavy (non-hydrogen) atoms. The van der Waals surface area contributed by atoms with Crippen LogP contribution in [0.15, 0.2) is 78.0 Å². The van der Waals surface area contributed by atoms with Crippen molar-refractivity contribution < 1.29 is 34.4 Å². The lowest BCUT2D eigenvalue weighted by Gasteiger charge is -2.36. The van der Waals surface area contributed by atoms with E-state index in [1.807, 2.05) is 30.3 Å². The molecule has 0 spiro atoms. The molecule has 5 rings (SSSR count). The molecular formula is C29H29N5O7S. The maximum Gasteiger partial charge on any atom is 0.303 e. The van der Waals surface area contributed by atoms with Crippen molar-refractivity contribution in [3.05, 3.63) is 89.5 Å². The highest BCUT2D eigenvalue weighted by atomic mass is 32.2. The van der Waals surface area contributed by atoms with Gasteiger partial charge < -0.3 is 30.1 Å². The van der Waals surface area contributed by atoms with Crippen molar-refractivity contribution in [2.75, 3.05) is 11.1 Å². The Bertz CT molecular complexity index is 1510. The van der Waals surface area contributed by atoms with Crippen LogP contribution in [-0.4, -0.2) is 59.3 Å². The van der Waals surface area contributed by atoms with Gasteiger partial charge >= 0.3 is 5.97 Å². The molecule has 1 aromatic heterocycles. The third kappa shape index (κ3) is 7.50. The molecule has 218 valence electrons. The van der Waals surface area contributed by atoms with E-state index in [-0.39, 0.29) is 37.4 Å². The number of thioether (sulfide) groups is 1. The molecule has 2 heterocycles. The summed E-state index contributed by atoms with van der Waals surface area (Å²) in [4.78, 5) is 23.0. The number of aliphatic hydroxyl groups is 1. The van der Waals surface area contributed by atoms with Crippen LogP contribution in [0.3, 0.4) is 0 Å². The molecule has 3 unspecified atom stereocenters. The van der Waals surface area contributed by atoms with E-state index < -0.39 is 18.2 Å². The number of nitrogens with one attached hydrogen (secondary N) is 1. The minimum Gasteiger partial charge on any atom is -0.508 e. The molecule has 0 saturated carbocycles. The van der Waals surface area contributed by atoms with Crippen molar-refractivity contribution >= 4 is 29.3 Å². The van der Waals surface area contributed by atoms with Crippen LogP contribution in [0.1, 0.15) is 48.3 Å². The number of aliphatic hydroxyl groups excluding tert-OH is 1. The highest BCUT2D eigenvalue weighted by Crippen LogP contribution is 2.40. The van der Waals surface area contributed by atoms with Gasteiger partial charge in [-0.05, 0) is 58.0 Å². The lowest BCUT2D eigenvalue weighted by molar-refractivity contribution is -0.245. The number of carboxylic acid groups (broad SMARTS) is 1.